The molecule has 4 amide bonds. The largest absolute Gasteiger partial charge is 0.480 e. The molecule has 0 radical (unpaired) electrons. The Kier molecular flexibility index (Phi) is 11.3. The van der Waals surface area contributed by atoms with Crippen LogP contribution < -0.4 is 27.0 Å². The van der Waals surface area contributed by atoms with Gasteiger partial charge in [-0.2, -0.15) is 0 Å². The molecule has 0 saturated carbocycles. The molecule has 1 aromatic rings. The predicted molar refractivity (Wildman–Crippen MR) is 132 cm³/mol. The van der Waals surface area contributed by atoms with Gasteiger partial charge in [0.05, 0.1) is 6.04 Å². The van der Waals surface area contributed by atoms with Crippen molar-refractivity contribution in [1.29, 1.82) is 0 Å². The fourth-order valence-corrected chi connectivity index (χ4v) is 4.03. The Labute approximate surface area is 211 Å². The molecule has 1 saturated heterocycles. The summed E-state index contributed by atoms with van der Waals surface area (Å²) in [6, 6.07) is 5.16. The molecule has 11 heteroatoms. The van der Waals surface area contributed by atoms with Gasteiger partial charge in [0.2, 0.25) is 23.6 Å². The van der Waals surface area contributed by atoms with Crippen molar-refractivity contribution < 1.29 is 29.1 Å². The molecule has 0 bridgehead atoms. The minimum atomic E-state index is -1.20. The average Bonchev–Trinajstić information content (AvgIpc) is 3.36. The average molecular weight is 504 g/mol. The standard InChI is InChI=1S/C25H37N5O6/c1-15(2)13-19(24(34)30-20(25(35)36)14-16-7-4-3-5-8-16)29-23(33)18(10-11-21(26)31)28-22(32)17-9-6-12-27-17/h3-5,7-8,15,17-20,27H,6,9-14H2,1-2H3,(H2,26,31)(H,28,32)(H,29,33)(H,30,34)(H,35,36). The van der Waals surface area contributed by atoms with Crippen LogP contribution in [-0.2, 0) is 30.4 Å². The Morgan fingerprint density at radius 3 is 2.19 bits per heavy atom. The Morgan fingerprint density at radius 2 is 1.64 bits per heavy atom. The smallest absolute Gasteiger partial charge is 0.326 e. The molecule has 7 N–H and O–H groups in total. The number of carbonyl (C=O) groups excluding carboxylic acids is 4. The molecule has 11 nitrogen and oxygen atoms in total. The summed E-state index contributed by atoms with van der Waals surface area (Å²) in [6.45, 7) is 4.42. The summed E-state index contributed by atoms with van der Waals surface area (Å²) < 4.78 is 0. The van der Waals surface area contributed by atoms with Crippen LogP contribution >= 0.6 is 0 Å². The van der Waals surface area contributed by atoms with Crippen LogP contribution in [-0.4, -0.2) is 65.4 Å². The van der Waals surface area contributed by atoms with Crippen LogP contribution in [0.1, 0.15) is 51.5 Å². The van der Waals surface area contributed by atoms with Crippen molar-refractivity contribution in [2.45, 2.75) is 76.5 Å². The van der Waals surface area contributed by atoms with E-state index in [0.29, 0.717) is 13.0 Å². The second kappa shape index (κ2) is 14.2. The van der Waals surface area contributed by atoms with Gasteiger partial charge < -0.3 is 32.1 Å². The number of hydrogen-bond donors (Lipinski definition) is 6. The number of amides is 4. The lowest BCUT2D eigenvalue weighted by molar-refractivity contribution is -0.142. The number of aliphatic carboxylic acids is 1. The first-order valence-corrected chi connectivity index (χ1v) is 12.3. The van der Waals surface area contributed by atoms with Gasteiger partial charge >= 0.3 is 5.97 Å². The van der Waals surface area contributed by atoms with Crippen molar-refractivity contribution in [2.75, 3.05) is 6.54 Å². The molecule has 1 heterocycles. The van der Waals surface area contributed by atoms with Gasteiger partial charge in [0.15, 0.2) is 0 Å². The van der Waals surface area contributed by atoms with Crippen LogP contribution in [0.5, 0.6) is 0 Å². The minimum absolute atomic E-state index is 0.000184. The lowest BCUT2D eigenvalue weighted by Gasteiger charge is -2.26. The molecule has 1 aliphatic rings. The van der Waals surface area contributed by atoms with Gasteiger partial charge in [-0.05, 0) is 43.7 Å². The zero-order valence-electron chi connectivity index (χ0n) is 20.8. The Bertz CT molecular complexity index is 917. The highest BCUT2D eigenvalue weighted by atomic mass is 16.4. The van der Waals surface area contributed by atoms with Gasteiger partial charge in [-0.1, -0.05) is 44.2 Å². The summed E-state index contributed by atoms with van der Waals surface area (Å²) in [5.41, 5.74) is 5.98. The fraction of sp³-hybridized carbons (Fsp3) is 0.560. The lowest BCUT2D eigenvalue weighted by atomic mass is 10.0. The summed E-state index contributed by atoms with van der Waals surface area (Å²) in [7, 11) is 0. The van der Waals surface area contributed by atoms with Gasteiger partial charge in [-0.25, -0.2) is 4.79 Å². The van der Waals surface area contributed by atoms with Crippen LogP contribution in [0.3, 0.4) is 0 Å². The highest BCUT2D eigenvalue weighted by Gasteiger charge is 2.32. The lowest BCUT2D eigenvalue weighted by Crippen LogP contribution is -2.57. The highest BCUT2D eigenvalue weighted by Crippen LogP contribution is 2.10. The highest BCUT2D eigenvalue weighted by molar-refractivity contribution is 5.94. The second-order valence-electron chi connectivity index (χ2n) is 9.49. The SMILES string of the molecule is CC(C)CC(NC(=O)C(CCC(N)=O)NC(=O)C1CCCN1)C(=O)NC(Cc1ccccc1)C(=O)O. The molecular formula is C25H37N5O6. The molecule has 0 aromatic heterocycles. The summed E-state index contributed by atoms with van der Waals surface area (Å²) >= 11 is 0. The molecule has 4 atom stereocenters. The van der Waals surface area contributed by atoms with Crippen molar-refractivity contribution in [1.82, 2.24) is 21.3 Å². The molecular weight excluding hydrogens is 466 g/mol. The summed E-state index contributed by atoms with van der Waals surface area (Å²) in [5.74, 6) is -3.47. The van der Waals surface area contributed by atoms with Gasteiger partial charge in [0, 0.05) is 12.8 Å². The third kappa shape index (κ3) is 9.65. The number of nitrogens with one attached hydrogen (secondary N) is 4. The molecule has 0 spiro atoms. The Hall–Kier alpha value is -3.47. The Morgan fingerprint density at radius 1 is 1.00 bits per heavy atom. The number of carboxylic acid groups (broad SMARTS) is 1. The number of carbonyl (C=O) groups is 5. The van der Waals surface area contributed by atoms with Gasteiger partial charge in [0.1, 0.15) is 18.1 Å². The number of nitrogens with two attached hydrogens (primary N) is 1. The van der Waals surface area contributed by atoms with Crippen LogP contribution in [0.2, 0.25) is 0 Å². The van der Waals surface area contributed by atoms with E-state index in [4.69, 9.17) is 5.73 Å². The van der Waals surface area contributed by atoms with E-state index in [9.17, 15) is 29.1 Å². The minimum Gasteiger partial charge on any atom is -0.480 e. The van der Waals surface area contributed by atoms with Crippen molar-refractivity contribution >= 4 is 29.6 Å². The first kappa shape index (κ1) is 28.8. The first-order valence-electron chi connectivity index (χ1n) is 12.3. The zero-order chi connectivity index (χ0) is 26.7. The quantitative estimate of drug-likeness (QED) is 0.204. The number of primary amides is 1. The Balaban J connectivity index is 2.12. The second-order valence-corrected chi connectivity index (χ2v) is 9.49. The predicted octanol–water partition coefficient (Wildman–Crippen LogP) is -0.168. The summed E-state index contributed by atoms with van der Waals surface area (Å²) in [6.07, 6.45) is 1.63. The molecule has 198 valence electrons. The topological polar surface area (TPSA) is 180 Å². The van der Waals surface area contributed by atoms with Crippen LogP contribution in [0.15, 0.2) is 30.3 Å². The van der Waals surface area contributed by atoms with Crippen LogP contribution in [0, 0.1) is 5.92 Å². The maximum atomic E-state index is 13.1. The summed E-state index contributed by atoms with van der Waals surface area (Å²) in [4.78, 5) is 61.9. The van der Waals surface area contributed by atoms with Gasteiger partial charge in [-0.15, -0.1) is 0 Å². The molecule has 36 heavy (non-hydrogen) atoms. The van der Waals surface area contributed by atoms with Crippen molar-refractivity contribution in [2.24, 2.45) is 11.7 Å². The third-order valence-electron chi connectivity index (χ3n) is 5.93. The van der Waals surface area contributed by atoms with E-state index in [1.807, 2.05) is 19.9 Å². The normalized spacial score (nSPS) is 17.6. The first-order chi connectivity index (χ1) is 17.1. The fourth-order valence-electron chi connectivity index (χ4n) is 4.03. The number of carboxylic acids is 1. The molecule has 2 rings (SSSR count). The van der Waals surface area contributed by atoms with Crippen LogP contribution in [0.25, 0.3) is 0 Å². The maximum Gasteiger partial charge on any atom is 0.326 e. The van der Waals surface area contributed by atoms with E-state index >= 15 is 0 Å². The van der Waals surface area contributed by atoms with Gasteiger partial charge in [0.25, 0.3) is 0 Å². The van der Waals surface area contributed by atoms with Gasteiger partial charge in [-0.3, -0.25) is 19.2 Å². The third-order valence-corrected chi connectivity index (χ3v) is 5.93. The molecule has 0 aliphatic carbocycles. The zero-order valence-corrected chi connectivity index (χ0v) is 20.8. The van der Waals surface area contributed by atoms with E-state index in [2.05, 4.69) is 21.3 Å². The van der Waals surface area contributed by atoms with Crippen molar-refractivity contribution in [3.05, 3.63) is 35.9 Å². The van der Waals surface area contributed by atoms with Crippen LogP contribution in [0.4, 0.5) is 0 Å². The molecule has 1 fully saturated rings. The molecule has 1 aliphatic heterocycles. The number of hydrogen-bond acceptors (Lipinski definition) is 6. The van der Waals surface area contributed by atoms with E-state index in [0.717, 1.165) is 12.0 Å². The number of rotatable bonds is 14. The molecule has 1 aromatic carbocycles. The van der Waals surface area contributed by atoms with E-state index in [-0.39, 0.29) is 37.5 Å². The number of benzene rings is 1. The van der Waals surface area contributed by atoms with Crippen molar-refractivity contribution in [3.63, 3.8) is 0 Å². The monoisotopic (exact) mass is 503 g/mol. The maximum absolute atomic E-state index is 13.1. The van der Waals surface area contributed by atoms with Crippen molar-refractivity contribution in [3.8, 4) is 0 Å². The molecule has 4 unspecified atom stereocenters. The van der Waals surface area contributed by atoms with E-state index < -0.39 is 47.9 Å². The van der Waals surface area contributed by atoms with E-state index in [1.54, 1.807) is 24.3 Å². The van der Waals surface area contributed by atoms with E-state index in [1.165, 1.54) is 0 Å². The summed E-state index contributed by atoms with van der Waals surface area (Å²) in [5, 5.41) is 20.5.